The Hall–Kier alpha value is -4.44. The first kappa shape index (κ1) is 29.5. The lowest BCUT2D eigenvalue weighted by Gasteiger charge is -2.43. The number of pyridine rings is 1. The van der Waals surface area contributed by atoms with E-state index in [2.05, 4.69) is 5.32 Å². The van der Waals surface area contributed by atoms with Crippen molar-refractivity contribution < 1.29 is 38.7 Å². The van der Waals surface area contributed by atoms with Crippen molar-refractivity contribution in [2.75, 3.05) is 7.05 Å². The van der Waals surface area contributed by atoms with Gasteiger partial charge in [0.1, 0.15) is 22.9 Å². The molecule has 214 valence electrons. The van der Waals surface area contributed by atoms with E-state index in [9.17, 15) is 29.4 Å². The summed E-state index contributed by atoms with van der Waals surface area (Å²) >= 11 is 6.47. The number of aliphatic carboxylic acids is 1. The van der Waals surface area contributed by atoms with Crippen LogP contribution in [0.5, 0.6) is 5.75 Å². The van der Waals surface area contributed by atoms with Crippen molar-refractivity contribution in [1.82, 2.24) is 10.2 Å². The summed E-state index contributed by atoms with van der Waals surface area (Å²) in [6, 6.07) is 14.9. The Morgan fingerprint density at radius 1 is 1.10 bits per heavy atom. The van der Waals surface area contributed by atoms with Crippen molar-refractivity contribution in [3.05, 3.63) is 94.8 Å². The second kappa shape index (κ2) is 12.8. The maximum atomic E-state index is 13.3. The molecule has 2 aromatic carbocycles. The first-order valence-corrected chi connectivity index (χ1v) is 13.5. The highest BCUT2D eigenvalue weighted by molar-refractivity contribution is 6.31. The van der Waals surface area contributed by atoms with Crippen molar-refractivity contribution in [3.63, 3.8) is 0 Å². The molecule has 1 aliphatic rings. The Balaban J connectivity index is 1.45. The van der Waals surface area contributed by atoms with Crippen molar-refractivity contribution in [2.24, 2.45) is 0 Å². The summed E-state index contributed by atoms with van der Waals surface area (Å²) in [4.78, 5) is 52.5. The number of ketones is 1. The van der Waals surface area contributed by atoms with E-state index in [1.165, 1.54) is 40.9 Å². The summed E-state index contributed by atoms with van der Waals surface area (Å²) in [5.74, 6) is -1.89. The van der Waals surface area contributed by atoms with Crippen LogP contribution in [0, 0.1) is 0 Å². The van der Waals surface area contributed by atoms with E-state index in [4.69, 9.17) is 16.3 Å². The molecule has 10 nitrogen and oxygen atoms in total. The number of carbonyl (C=O) groups is 4. The summed E-state index contributed by atoms with van der Waals surface area (Å²) in [5.41, 5.74) is 0.0885. The number of rotatable bonds is 9. The van der Waals surface area contributed by atoms with Gasteiger partial charge in [-0.05, 0) is 49.1 Å². The number of carboxylic acids is 1. The van der Waals surface area contributed by atoms with Crippen LogP contribution >= 0.6 is 11.6 Å². The van der Waals surface area contributed by atoms with Crippen LogP contribution in [0.2, 0.25) is 5.02 Å². The van der Waals surface area contributed by atoms with Gasteiger partial charge in [0.15, 0.2) is 18.2 Å². The van der Waals surface area contributed by atoms with E-state index in [-0.39, 0.29) is 30.2 Å². The third-order valence-electron chi connectivity index (χ3n) is 7.26. The van der Waals surface area contributed by atoms with Crippen molar-refractivity contribution >= 4 is 35.4 Å². The molecule has 3 N–H and O–H groups in total. The molecule has 1 fully saturated rings. The van der Waals surface area contributed by atoms with Gasteiger partial charge < -0.3 is 20.3 Å². The average Bonchev–Trinajstić information content (AvgIpc) is 2.97. The minimum absolute atomic E-state index is 0.0179. The number of aromatic hydroxyl groups is 1. The van der Waals surface area contributed by atoms with Gasteiger partial charge in [0.2, 0.25) is 0 Å². The molecule has 2 amide bonds. The summed E-state index contributed by atoms with van der Waals surface area (Å²) < 4.78 is 6.99. The predicted octanol–water partition coefficient (Wildman–Crippen LogP) is 3.82. The fraction of sp³-hybridized carbons (Fsp3) is 0.300. The van der Waals surface area contributed by atoms with Gasteiger partial charge >= 0.3 is 12.1 Å². The Kier molecular flexibility index (Phi) is 9.24. The van der Waals surface area contributed by atoms with Gasteiger partial charge in [-0.25, -0.2) is 9.59 Å². The van der Waals surface area contributed by atoms with Gasteiger partial charge in [0.25, 0.3) is 12.6 Å². The predicted molar refractivity (Wildman–Crippen MR) is 148 cm³/mol. The molecule has 41 heavy (non-hydrogen) atoms. The van der Waals surface area contributed by atoms with E-state index in [1.807, 2.05) is 0 Å². The Morgan fingerprint density at radius 3 is 2.51 bits per heavy atom. The highest BCUT2D eigenvalue weighted by Gasteiger charge is 2.48. The first-order valence-electron chi connectivity index (χ1n) is 13.1. The molecular weight excluding hydrogens is 550 g/mol. The Morgan fingerprint density at radius 2 is 1.83 bits per heavy atom. The summed E-state index contributed by atoms with van der Waals surface area (Å²) in [6.45, 7) is -0.257. The number of nitrogens with one attached hydrogen (secondary N) is 1. The number of nitrogens with zero attached hydrogens (tertiary/aromatic N) is 2. The van der Waals surface area contributed by atoms with Crippen LogP contribution in [0.15, 0.2) is 73.1 Å². The second-order valence-electron chi connectivity index (χ2n) is 9.91. The number of hydrogen-bond acceptors (Lipinski definition) is 6. The maximum Gasteiger partial charge on any atom is 0.415 e. The number of aromatic nitrogens is 1. The number of carboxylic acid groups (broad SMARTS) is 1. The van der Waals surface area contributed by atoms with Crippen molar-refractivity contribution in [3.8, 4) is 5.75 Å². The molecule has 1 aliphatic carbocycles. The van der Waals surface area contributed by atoms with Crippen LogP contribution in [-0.4, -0.2) is 52.0 Å². The zero-order valence-corrected chi connectivity index (χ0v) is 23.2. The lowest BCUT2D eigenvalue weighted by Crippen LogP contribution is -2.55. The van der Waals surface area contributed by atoms with Crippen LogP contribution in [0.4, 0.5) is 4.79 Å². The standard InChI is InChI=1S/C30H30ClN3O7/c1-33(30(15-5-4-10-26(30)36)23-8-2-3-9-24(23)31)29(40)41-19-34-16-6-7-21(18-34)27(37)32-25(28(38)39)17-20-11-13-22(35)14-12-20/h2-3,6-9,11-14,16,18,25H,4-5,10,15,17,19H2,1H3,(H2-,32,35,37,38,39)/p+1/t25-,30?/m0/s1. The normalized spacial score (nSPS) is 17.4. The Bertz CT molecular complexity index is 1450. The smallest absolute Gasteiger partial charge is 0.415 e. The number of hydrogen-bond donors (Lipinski definition) is 3. The zero-order chi connectivity index (χ0) is 29.6. The summed E-state index contributed by atoms with van der Waals surface area (Å²) in [6.07, 6.45) is 4.51. The molecule has 3 aromatic rings. The molecule has 0 spiro atoms. The van der Waals surface area contributed by atoms with E-state index in [1.54, 1.807) is 48.7 Å². The summed E-state index contributed by atoms with van der Waals surface area (Å²) in [5, 5.41) is 22.0. The van der Waals surface area contributed by atoms with Crippen LogP contribution in [0.25, 0.3) is 0 Å². The minimum Gasteiger partial charge on any atom is -0.508 e. The minimum atomic E-state index is -1.25. The van der Waals surface area contributed by atoms with Crippen molar-refractivity contribution in [2.45, 2.75) is 50.4 Å². The topological polar surface area (TPSA) is 137 Å². The first-order chi connectivity index (χ1) is 19.6. The number of ether oxygens (including phenoxy) is 1. The molecule has 1 saturated carbocycles. The molecule has 4 rings (SSSR count). The number of phenols is 1. The quantitative estimate of drug-likeness (QED) is 0.327. The van der Waals surface area contributed by atoms with Gasteiger partial charge in [-0.15, -0.1) is 0 Å². The van der Waals surface area contributed by atoms with Crippen LogP contribution in [0.3, 0.4) is 0 Å². The lowest BCUT2D eigenvalue weighted by molar-refractivity contribution is -0.727. The molecule has 0 saturated heterocycles. The largest absolute Gasteiger partial charge is 0.508 e. The molecule has 0 aliphatic heterocycles. The van der Waals surface area contributed by atoms with Crippen molar-refractivity contribution in [1.29, 1.82) is 0 Å². The molecule has 1 heterocycles. The van der Waals surface area contributed by atoms with E-state index < -0.39 is 29.6 Å². The number of likely N-dealkylation sites (N-methyl/N-ethyl adjacent to an activating group) is 1. The number of carbonyl (C=O) groups excluding carboxylic acids is 3. The van der Waals surface area contributed by atoms with E-state index in [0.29, 0.717) is 29.0 Å². The van der Waals surface area contributed by atoms with Crippen LogP contribution in [-0.2, 0) is 33.0 Å². The van der Waals surface area contributed by atoms with Gasteiger partial charge in [-0.1, -0.05) is 41.9 Å². The van der Waals surface area contributed by atoms with E-state index >= 15 is 0 Å². The highest BCUT2D eigenvalue weighted by atomic mass is 35.5. The molecule has 1 aromatic heterocycles. The molecular formula is C30H31ClN3O7+. The third kappa shape index (κ3) is 6.66. The maximum absolute atomic E-state index is 13.3. The molecule has 11 heteroatoms. The molecule has 0 bridgehead atoms. The Labute approximate surface area is 242 Å². The number of phenolic OH excluding ortho intramolecular Hbond substituents is 1. The number of amides is 2. The monoisotopic (exact) mass is 580 g/mol. The van der Waals surface area contributed by atoms with Gasteiger partial charge in [0, 0.05) is 36.5 Å². The average molecular weight is 581 g/mol. The number of Topliss-reactive ketones (excluding diaryl/α,β-unsaturated/α-hetero) is 1. The fourth-order valence-electron chi connectivity index (χ4n) is 5.06. The molecule has 0 radical (unpaired) electrons. The highest BCUT2D eigenvalue weighted by Crippen LogP contribution is 2.42. The van der Waals surface area contributed by atoms with Gasteiger partial charge in [-0.2, -0.15) is 4.57 Å². The van der Waals surface area contributed by atoms with E-state index in [0.717, 1.165) is 12.8 Å². The lowest BCUT2D eigenvalue weighted by atomic mass is 9.74. The second-order valence-corrected chi connectivity index (χ2v) is 10.3. The third-order valence-corrected chi connectivity index (χ3v) is 7.59. The van der Waals surface area contributed by atoms with Gasteiger partial charge in [-0.3, -0.25) is 14.5 Å². The fourth-order valence-corrected chi connectivity index (χ4v) is 5.35. The van der Waals surface area contributed by atoms with Crippen LogP contribution < -0.4 is 9.88 Å². The van der Waals surface area contributed by atoms with Crippen LogP contribution in [0.1, 0.15) is 47.2 Å². The number of benzene rings is 2. The SMILES string of the molecule is CN(C(=O)OC[n+]1cccc(C(=O)N[C@@H](Cc2ccc(O)cc2)C(=O)O)c1)C1(c2ccccc2Cl)CCCCC1=O. The van der Waals surface area contributed by atoms with Gasteiger partial charge in [0.05, 0.1) is 0 Å². The molecule has 2 atom stereocenters. The zero-order valence-electron chi connectivity index (χ0n) is 22.5. The molecule has 1 unspecified atom stereocenters. The summed E-state index contributed by atoms with van der Waals surface area (Å²) in [7, 11) is 1.52. The number of halogens is 1.